The molecule has 0 saturated carbocycles. The number of hydrogen-bond donors (Lipinski definition) is 0. The van der Waals surface area contributed by atoms with Gasteiger partial charge in [0, 0.05) is 18.0 Å². The summed E-state index contributed by atoms with van der Waals surface area (Å²) in [6.45, 7) is 1.99. The normalized spacial score (nSPS) is 14.3. The largest absolute Gasteiger partial charge is 0.420 e. The third-order valence-electron chi connectivity index (χ3n) is 6.35. The van der Waals surface area contributed by atoms with Gasteiger partial charge in [0.2, 0.25) is 11.8 Å². The van der Waals surface area contributed by atoms with E-state index in [9.17, 15) is 0 Å². The van der Waals surface area contributed by atoms with Crippen molar-refractivity contribution in [3.05, 3.63) is 113 Å². The van der Waals surface area contributed by atoms with E-state index in [0.29, 0.717) is 28.3 Å². The molecule has 1 aliphatic rings. The first-order chi connectivity index (χ1) is 17.7. The molecular formula is C27H18ClN7O. The lowest BCUT2D eigenvalue weighted by atomic mass is 9.85. The smallest absolute Gasteiger partial charge is 0.230 e. The van der Waals surface area contributed by atoms with Crippen LogP contribution in [0, 0.1) is 6.92 Å². The van der Waals surface area contributed by atoms with Crippen molar-refractivity contribution >= 4 is 17.2 Å². The van der Waals surface area contributed by atoms with Crippen molar-refractivity contribution in [3.8, 4) is 28.8 Å². The minimum atomic E-state index is -0.255. The number of hydrogen-bond acceptors (Lipinski definition) is 6. The summed E-state index contributed by atoms with van der Waals surface area (Å²) in [7, 11) is 0. The number of pyridine rings is 1. The lowest BCUT2D eigenvalue weighted by Crippen LogP contribution is -2.16. The highest BCUT2D eigenvalue weighted by atomic mass is 35.5. The predicted octanol–water partition coefficient (Wildman–Crippen LogP) is 5.62. The van der Waals surface area contributed by atoms with Crippen molar-refractivity contribution in [1.82, 2.24) is 34.3 Å². The molecule has 36 heavy (non-hydrogen) atoms. The summed E-state index contributed by atoms with van der Waals surface area (Å²) < 4.78 is 9.94. The monoisotopic (exact) mass is 491 g/mol. The molecule has 0 N–H and O–H groups in total. The van der Waals surface area contributed by atoms with E-state index >= 15 is 0 Å². The van der Waals surface area contributed by atoms with Crippen LogP contribution in [0.2, 0.25) is 5.02 Å². The Morgan fingerprint density at radius 2 is 1.75 bits per heavy atom. The highest BCUT2D eigenvalue weighted by Gasteiger charge is 2.38. The highest BCUT2D eigenvalue weighted by Crippen LogP contribution is 2.49. The average molecular weight is 492 g/mol. The van der Waals surface area contributed by atoms with Crippen LogP contribution in [-0.2, 0) is 0 Å². The van der Waals surface area contributed by atoms with Gasteiger partial charge in [0.1, 0.15) is 6.33 Å². The molecule has 4 aromatic heterocycles. The molecule has 0 saturated heterocycles. The first-order valence-corrected chi connectivity index (χ1v) is 11.8. The minimum absolute atomic E-state index is 0.255. The van der Waals surface area contributed by atoms with Crippen molar-refractivity contribution in [1.29, 1.82) is 0 Å². The molecule has 7 rings (SSSR count). The fourth-order valence-electron chi connectivity index (χ4n) is 4.76. The van der Waals surface area contributed by atoms with Crippen molar-refractivity contribution in [2.24, 2.45) is 0 Å². The van der Waals surface area contributed by atoms with E-state index in [4.69, 9.17) is 26.4 Å². The Labute approximate surface area is 210 Å². The standard InChI is InChI=1S/C27H18ClN7O/c1-16-21-22(17-8-7-13-29-14-17)23-25-31-24(19-11-5-6-12-20(19)28)33-34(25)15-30-26(23)36-27(21)35(32-16)18-9-3-2-4-10-18/h2-15,22H,1H3/t22-/m1/s1. The molecule has 0 unspecified atom stereocenters. The summed E-state index contributed by atoms with van der Waals surface area (Å²) in [5.74, 6) is 1.35. The zero-order chi connectivity index (χ0) is 24.2. The van der Waals surface area contributed by atoms with Crippen LogP contribution in [0.5, 0.6) is 11.8 Å². The first kappa shape index (κ1) is 20.8. The van der Waals surface area contributed by atoms with Gasteiger partial charge in [0.25, 0.3) is 0 Å². The van der Waals surface area contributed by atoms with Gasteiger partial charge in [-0.2, -0.15) is 5.10 Å². The Kier molecular flexibility index (Phi) is 4.62. The summed E-state index contributed by atoms with van der Waals surface area (Å²) in [5.41, 5.74) is 5.87. The van der Waals surface area contributed by atoms with Crippen LogP contribution in [0.25, 0.3) is 22.7 Å². The van der Waals surface area contributed by atoms with Crippen LogP contribution in [0.4, 0.5) is 0 Å². The van der Waals surface area contributed by atoms with Crippen molar-refractivity contribution in [2.75, 3.05) is 0 Å². The SMILES string of the molecule is Cc1nn(-c2ccccc2)c2c1[C@@H](c1cccnc1)c1c(ncn3nc(-c4ccccc4Cl)nc13)O2. The number of rotatable bonds is 3. The quantitative estimate of drug-likeness (QED) is 0.319. The van der Waals surface area contributed by atoms with Crippen LogP contribution in [0.1, 0.15) is 28.3 Å². The zero-order valence-electron chi connectivity index (χ0n) is 19.1. The zero-order valence-corrected chi connectivity index (χ0v) is 19.8. The van der Waals surface area contributed by atoms with E-state index in [0.717, 1.165) is 33.6 Å². The molecular weight excluding hydrogens is 474 g/mol. The second-order valence-corrected chi connectivity index (χ2v) is 8.93. The lowest BCUT2D eigenvalue weighted by molar-refractivity contribution is 0.402. The number of para-hydroxylation sites is 1. The average Bonchev–Trinajstić information content (AvgIpc) is 3.50. The van der Waals surface area contributed by atoms with Gasteiger partial charge in [-0.15, -0.1) is 5.10 Å². The maximum Gasteiger partial charge on any atom is 0.230 e. The Bertz CT molecular complexity index is 1750. The van der Waals surface area contributed by atoms with E-state index in [1.165, 1.54) is 0 Å². The number of halogens is 1. The van der Waals surface area contributed by atoms with E-state index in [1.807, 2.05) is 84.5 Å². The third kappa shape index (κ3) is 3.11. The number of ether oxygens (including phenoxy) is 1. The van der Waals surface area contributed by atoms with Gasteiger partial charge in [-0.05, 0) is 42.8 Å². The fourth-order valence-corrected chi connectivity index (χ4v) is 4.98. The Hall–Kier alpha value is -4.56. The van der Waals surface area contributed by atoms with Gasteiger partial charge in [-0.1, -0.05) is 48.0 Å². The number of fused-ring (bicyclic) bond motifs is 4. The summed E-state index contributed by atoms with van der Waals surface area (Å²) in [6, 6.07) is 21.4. The molecule has 0 bridgehead atoms. The topological polar surface area (TPSA) is 83.0 Å². The van der Waals surface area contributed by atoms with Crippen LogP contribution in [0.3, 0.4) is 0 Å². The van der Waals surface area contributed by atoms with Crippen LogP contribution >= 0.6 is 11.6 Å². The Balaban J connectivity index is 1.50. The maximum atomic E-state index is 6.45. The molecule has 6 aromatic rings. The van der Waals surface area contributed by atoms with Crippen molar-refractivity contribution in [2.45, 2.75) is 12.8 Å². The molecule has 0 amide bonds. The molecule has 0 radical (unpaired) electrons. The molecule has 174 valence electrons. The highest BCUT2D eigenvalue weighted by molar-refractivity contribution is 6.33. The summed E-state index contributed by atoms with van der Waals surface area (Å²) >= 11 is 6.45. The first-order valence-electron chi connectivity index (χ1n) is 11.4. The maximum absolute atomic E-state index is 6.45. The van der Waals surface area contributed by atoms with Crippen molar-refractivity contribution < 1.29 is 4.74 Å². The lowest BCUT2D eigenvalue weighted by Gasteiger charge is -2.26. The molecule has 8 nitrogen and oxygen atoms in total. The molecule has 0 aliphatic carbocycles. The number of benzene rings is 2. The Morgan fingerprint density at radius 1 is 0.917 bits per heavy atom. The van der Waals surface area contributed by atoms with E-state index in [1.54, 1.807) is 17.0 Å². The summed E-state index contributed by atoms with van der Waals surface area (Å²) in [4.78, 5) is 13.9. The van der Waals surface area contributed by atoms with Gasteiger partial charge in [-0.25, -0.2) is 19.2 Å². The second kappa shape index (κ2) is 8.00. The van der Waals surface area contributed by atoms with Crippen LogP contribution in [-0.4, -0.2) is 34.3 Å². The number of aryl methyl sites for hydroxylation is 1. The number of aromatic nitrogens is 7. The molecule has 9 heteroatoms. The molecule has 1 aliphatic heterocycles. The summed E-state index contributed by atoms with van der Waals surface area (Å²) in [5, 5.41) is 10.1. The van der Waals surface area contributed by atoms with Crippen molar-refractivity contribution in [3.63, 3.8) is 0 Å². The summed E-state index contributed by atoms with van der Waals surface area (Å²) in [6.07, 6.45) is 5.23. The van der Waals surface area contributed by atoms with Gasteiger partial charge in [0.15, 0.2) is 11.5 Å². The second-order valence-electron chi connectivity index (χ2n) is 8.52. The number of nitrogens with zero attached hydrogens (tertiary/aromatic N) is 7. The Morgan fingerprint density at radius 3 is 2.56 bits per heavy atom. The molecule has 5 heterocycles. The van der Waals surface area contributed by atoms with Crippen LogP contribution < -0.4 is 4.74 Å². The predicted molar refractivity (Wildman–Crippen MR) is 135 cm³/mol. The molecule has 1 atom stereocenters. The van der Waals surface area contributed by atoms with E-state index < -0.39 is 0 Å². The molecule has 2 aromatic carbocycles. The third-order valence-corrected chi connectivity index (χ3v) is 6.68. The fraction of sp³-hybridized carbons (Fsp3) is 0.0741. The van der Waals surface area contributed by atoms with E-state index in [2.05, 4.69) is 15.1 Å². The van der Waals surface area contributed by atoms with Gasteiger partial charge in [0.05, 0.1) is 33.4 Å². The van der Waals surface area contributed by atoms with E-state index in [-0.39, 0.29) is 5.92 Å². The van der Waals surface area contributed by atoms with Gasteiger partial charge in [-0.3, -0.25) is 4.98 Å². The van der Waals surface area contributed by atoms with Gasteiger partial charge < -0.3 is 4.74 Å². The molecule has 0 spiro atoms. The molecule has 0 fully saturated rings. The minimum Gasteiger partial charge on any atom is -0.420 e. The van der Waals surface area contributed by atoms with Crippen LogP contribution in [0.15, 0.2) is 85.5 Å². The van der Waals surface area contributed by atoms with Gasteiger partial charge >= 0.3 is 0 Å².